The molecule has 0 amide bonds. The van der Waals surface area contributed by atoms with Crippen LogP contribution in [0.4, 0.5) is 0 Å². The van der Waals surface area contributed by atoms with E-state index < -0.39 is 0 Å². The average molecular weight is 248 g/mol. The van der Waals surface area contributed by atoms with Gasteiger partial charge in [0, 0.05) is 25.7 Å². The minimum absolute atomic E-state index is 0.484. The molecule has 1 fully saturated rings. The predicted molar refractivity (Wildman–Crippen MR) is 64.7 cm³/mol. The Morgan fingerprint density at radius 1 is 1.56 bits per heavy atom. The Morgan fingerprint density at radius 2 is 2.50 bits per heavy atom. The van der Waals surface area contributed by atoms with E-state index in [1.807, 2.05) is 12.1 Å². The lowest BCUT2D eigenvalue weighted by Gasteiger charge is -2.32. The first-order valence-corrected chi connectivity index (χ1v) is 6.14. The van der Waals surface area contributed by atoms with Crippen LogP contribution in [0.25, 0.3) is 11.6 Å². The van der Waals surface area contributed by atoms with Crippen molar-refractivity contribution in [2.45, 2.75) is 19.5 Å². The third kappa shape index (κ3) is 2.30. The molecule has 3 heterocycles. The first-order valence-electron chi connectivity index (χ1n) is 6.14. The van der Waals surface area contributed by atoms with Crippen molar-refractivity contribution in [3.05, 3.63) is 24.3 Å². The maximum Gasteiger partial charge on any atom is 0.241 e. The number of piperazine rings is 1. The quantitative estimate of drug-likeness (QED) is 0.878. The molecule has 1 N–H and O–H groups in total. The van der Waals surface area contributed by atoms with E-state index in [9.17, 15) is 0 Å². The van der Waals surface area contributed by atoms with E-state index in [1.165, 1.54) is 0 Å². The topological polar surface area (TPSA) is 67.3 Å². The van der Waals surface area contributed by atoms with Crippen LogP contribution in [-0.2, 0) is 6.54 Å². The number of nitrogens with one attached hydrogen (secondary N) is 1. The van der Waals surface area contributed by atoms with Crippen molar-refractivity contribution < 1.29 is 8.94 Å². The molecule has 0 aromatic carbocycles. The molecule has 2 aromatic rings. The number of hydrogen-bond donors (Lipinski definition) is 1. The van der Waals surface area contributed by atoms with Crippen molar-refractivity contribution in [2.24, 2.45) is 0 Å². The van der Waals surface area contributed by atoms with Gasteiger partial charge in [0.2, 0.25) is 11.7 Å². The Labute approximate surface area is 105 Å². The highest BCUT2D eigenvalue weighted by Crippen LogP contribution is 2.17. The van der Waals surface area contributed by atoms with E-state index in [2.05, 4.69) is 27.3 Å². The van der Waals surface area contributed by atoms with Gasteiger partial charge in [-0.25, -0.2) is 0 Å². The summed E-state index contributed by atoms with van der Waals surface area (Å²) in [7, 11) is 0. The summed E-state index contributed by atoms with van der Waals surface area (Å²) in [6, 6.07) is 4.11. The molecule has 0 bridgehead atoms. The van der Waals surface area contributed by atoms with E-state index in [1.54, 1.807) is 6.26 Å². The fraction of sp³-hybridized carbons (Fsp3) is 0.500. The Hall–Kier alpha value is -1.66. The molecule has 18 heavy (non-hydrogen) atoms. The largest absolute Gasteiger partial charge is 0.461 e. The summed E-state index contributed by atoms with van der Waals surface area (Å²) in [4.78, 5) is 6.68. The number of hydrogen-bond acceptors (Lipinski definition) is 6. The van der Waals surface area contributed by atoms with Crippen LogP contribution in [0.15, 0.2) is 27.3 Å². The molecule has 3 rings (SSSR count). The molecular weight excluding hydrogens is 232 g/mol. The van der Waals surface area contributed by atoms with E-state index >= 15 is 0 Å². The van der Waals surface area contributed by atoms with Gasteiger partial charge >= 0.3 is 0 Å². The summed E-state index contributed by atoms with van der Waals surface area (Å²) in [5.74, 6) is 1.78. The predicted octanol–water partition coefficient (Wildman–Crippen LogP) is 1.12. The molecular formula is C12H16N4O2. The Morgan fingerprint density at radius 3 is 3.28 bits per heavy atom. The lowest BCUT2D eigenvalue weighted by molar-refractivity contribution is 0.146. The summed E-state index contributed by atoms with van der Waals surface area (Å²) >= 11 is 0. The van der Waals surface area contributed by atoms with Gasteiger partial charge in [-0.3, -0.25) is 4.90 Å². The zero-order valence-corrected chi connectivity index (χ0v) is 10.3. The lowest BCUT2D eigenvalue weighted by atomic mass is 10.2. The highest BCUT2D eigenvalue weighted by atomic mass is 16.5. The van der Waals surface area contributed by atoms with E-state index in [-0.39, 0.29) is 0 Å². The molecule has 1 atom stereocenters. The SMILES string of the molecule is C[C@@H]1CNCCN1Cc1nc(-c2ccco2)no1. The van der Waals surface area contributed by atoms with Crippen molar-refractivity contribution in [1.29, 1.82) is 0 Å². The van der Waals surface area contributed by atoms with Gasteiger partial charge in [-0.15, -0.1) is 0 Å². The highest BCUT2D eigenvalue weighted by molar-refractivity contribution is 5.44. The van der Waals surface area contributed by atoms with Crippen molar-refractivity contribution in [3.63, 3.8) is 0 Å². The molecule has 6 nitrogen and oxygen atoms in total. The standard InChI is InChI=1S/C12H16N4O2/c1-9-7-13-4-5-16(9)8-11-14-12(15-18-11)10-3-2-6-17-10/h2-3,6,9,13H,4-5,7-8H2,1H3/t9-/m1/s1. The van der Waals surface area contributed by atoms with Crippen LogP contribution in [-0.4, -0.2) is 40.7 Å². The van der Waals surface area contributed by atoms with Crippen LogP contribution in [0.1, 0.15) is 12.8 Å². The summed E-state index contributed by atoms with van der Waals surface area (Å²) in [6.45, 7) is 5.88. The molecule has 1 saturated heterocycles. The smallest absolute Gasteiger partial charge is 0.241 e. The van der Waals surface area contributed by atoms with Gasteiger partial charge in [0.15, 0.2) is 5.76 Å². The second-order valence-electron chi connectivity index (χ2n) is 4.51. The highest BCUT2D eigenvalue weighted by Gasteiger charge is 2.21. The van der Waals surface area contributed by atoms with Crippen LogP contribution in [0.2, 0.25) is 0 Å². The molecule has 6 heteroatoms. The minimum Gasteiger partial charge on any atom is -0.461 e. The third-order valence-corrected chi connectivity index (χ3v) is 3.19. The van der Waals surface area contributed by atoms with Gasteiger partial charge in [-0.2, -0.15) is 4.98 Å². The van der Waals surface area contributed by atoms with Gasteiger partial charge < -0.3 is 14.3 Å². The van der Waals surface area contributed by atoms with Crippen LogP contribution < -0.4 is 5.32 Å². The molecule has 1 aliphatic rings. The molecule has 2 aromatic heterocycles. The fourth-order valence-corrected chi connectivity index (χ4v) is 2.12. The van der Waals surface area contributed by atoms with Crippen LogP contribution in [0, 0.1) is 0 Å². The summed E-state index contributed by atoms with van der Waals surface area (Å²) in [5, 5.41) is 7.28. The molecule has 1 aliphatic heterocycles. The van der Waals surface area contributed by atoms with Crippen molar-refractivity contribution in [3.8, 4) is 11.6 Å². The minimum atomic E-state index is 0.484. The summed E-state index contributed by atoms with van der Waals surface area (Å²) in [6.07, 6.45) is 1.60. The molecule has 0 spiro atoms. The number of furan rings is 1. The van der Waals surface area contributed by atoms with Crippen LogP contribution in [0.3, 0.4) is 0 Å². The van der Waals surface area contributed by atoms with E-state index in [0.29, 0.717) is 30.1 Å². The monoisotopic (exact) mass is 248 g/mol. The zero-order valence-electron chi connectivity index (χ0n) is 10.3. The number of nitrogens with zero attached hydrogens (tertiary/aromatic N) is 3. The van der Waals surface area contributed by atoms with Crippen LogP contribution >= 0.6 is 0 Å². The van der Waals surface area contributed by atoms with Gasteiger partial charge in [0.25, 0.3) is 0 Å². The van der Waals surface area contributed by atoms with Crippen LogP contribution in [0.5, 0.6) is 0 Å². The second-order valence-corrected chi connectivity index (χ2v) is 4.51. The van der Waals surface area contributed by atoms with Gasteiger partial charge in [-0.05, 0) is 19.1 Å². The summed E-state index contributed by atoms with van der Waals surface area (Å²) < 4.78 is 10.5. The van der Waals surface area contributed by atoms with Gasteiger partial charge in [0.1, 0.15) is 0 Å². The van der Waals surface area contributed by atoms with E-state index in [0.717, 1.165) is 19.6 Å². The molecule has 96 valence electrons. The first kappa shape index (κ1) is 11.4. The fourth-order valence-electron chi connectivity index (χ4n) is 2.12. The maximum atomic E-state index is 5.26. The Balaban J connectivity index is 1.70. The third-order valence-electron chi connectivity index (χ3n) is 3.19. The molecule has 0 unspecified atom stereocenters. The average Bonchev–Trinajstić information content (AvgIpc) is 3.02. The maximum absolute atomic E-state index is 5.26. The van der Waals surface area contributed by atoms with E-state index in [4.69, 9.17) is 8.94 Å². The molecule has 0 saturated carbocycles. The van der Waals surface area contributed by atoms with Crippen molar-refractivity contribution >= 4 is 0 Å². The molecule has 0 aliphatic carbocycles. The Bertz CT molecular complexity index is 494. The number of rotatable bonds is 3. The normalized spacial score (nSPS) is 21.3. The zero-order chi connectivity index (χ0) is 12.4. The lowest BCUT2D eigenvalue weighted by Crippen LogP contribution is -2.49. The van der Waals surface area contributed by atoms with Gasteiger partial charge in [-0.1, -0.05) is 5.16 Å². The van der Waals surface area contributed by atoms with Crippen molar-refractivity contribution in [1.82, 2.24) is 20.4 Å². The molecule has 0 radical (unpaired) electrons. The van der Waals surface area contributed by atoms with Gasteiger partial charge in [0.05, 0.1) is 12.8 Å². The summed E-state index contributed by atoms with van der Waals surface area (Å²) in [5.41, 5.74) is 0. The Kier molecular flexibility index (Phi) is 3.12. The second kappa shape index (κ2) is 4.91. The first-order chi connectivity index (χ1) is 8.83. The number of aromatic nitrogens is 2. The van der Waals surface area contributed by atoms with Crippen molar-refractivity contribution in [2.75, 3.05) is 19.6 Å².